The van der Waals surface area contributed by atoms with Crippen LogP contribution in [0.2, 0.25) is 0 Å². The minimum Gasteiger partial charge on any atom is -0.494 e. The summed E-state index contributed by atoms with van der Waals surface area (Å²) in [5.41, 5.74) is 5.31. The number of benzene rings is 4. The van der Waals surface area contributed by atoms with Gasteiger partial charge >= 0.3 is 6.03 Å². The molecule has 0 aliphatic carbocycles. The van der Waals surface area contributed by atoms with Crippen LogP contribution in [0.3, 0.4) is 0 Å². The zero-order valence-electron chi connectivity index (χ0n) is 22.9. The number of rotatable bonds is 7. The third kappa shape index (κ3) is 4.99. The number of nitrogens with zero attached hydrogens (tertiary/aromatic N) is 2. The van der Waals surface area contributed by atoms with E-state index in [1.165, 1.54) is 0 Å². The van der Waals surface area contributed by atoms with Gasteiger partial charge in [0.05, 0.1) is 23.7 Å². The number of imide groups is 2. The molecule has 0 bridgehead atoms. The molecule has 1 saturated heterocycles. The van der Waals surface area contributed by atoms with Crippen molar-refractivity contribution in [1.29, 1.82) is 0 Å². The minimum absolute atomic E-state index is 0.148. The van der Waals surface area contributed by atoms with Crippen LogP contribution in [0.15, 0.2) is 127 Å². The molecule has 206 valence electrons. The lowest BCUT2D eigenvalue weighted by molar-refractivity contribution is -0.122. The van der Waals surface area contributed by atoms with Gasteiger partial charge in [-0.2, -0.15) is 0 Å². The second-order valence-electron chi connectivity index (χ2n) is 9.62. The molecule has 0 radical (unpaired) electrons. The van der Waals surface area contributed by atoms with E-state index in [0.29, 0.717) is 23.6 Å². The van der Waals surface area contributed by atoms with E-state index in [0.717, 1.165) is 33.1 Å². The first-order valence-corrected chi connectivity index (χ1v) is 13.6. The number of hydrogen-bond donors (Lipinski definition) is 1. The second-order valence-corrected chi connectivity index (χ2v) is 9.62. The topological polar surface area (TPSA) is 80.6 Å². The SMILES string of the molecule is CCOc1ccc(N2C(=O)NC(=O)/C(=C/c3cc(-c4ccccc4)n(-c4ccccc4)c3-c3ccccc3)C2=O)cc1. The quantitative estimate of drug-likeness (QED) is 0.176. The zero-order chi connectivity index (χ0) is 29.1. The van der Waals surface area contributed by atoms with Crippen LogP contribution in [0.4, 0.5) is 10.5 Å². The van der Waals surface area contributed by atoms with Crippen LogP contribution in [0.5, 0.6) is 5.75 Å². The predicted octanol–water partition coefficient (Wildman–Crippen LogP) is 6.88. The number of anilines is 1. The highest BCUT2D eigenvalue weighted by Gasteiger charge is 2.37. The van der Waals surface area contributed by atoms with Crippen molar-refractivity contribution in [3.05, 3.63) is 132 Å². The Bertz CT molecular complexity index is 1790. The van der Waals surface area contributed by atoms with E-state index in [1.807, 2.05) is 104 Å². The molecular weight excluding hydrogens is 526 g/mol. The molecule has 1 aliphatic heterocycles. The van der Waals surface area contributed by atoms with Gasteiger partial charge in [-0.15, -0.1) is 0 Å². The lowest BCUT2D eigenvalue weighted by Gasteiger charge is -2.26. The van der Waals surface area contributed by atoms with E-state index in [9.17, 15) is 14.4 Å². The van der Waals surface area contributed by atoms with Crippen LogP contribution in [0, 0.1) is 0 Å². The normalized spacial score (nSPS) is 14.3. The van der Waals surface area contributed by atoms with Crippen molar-refractivity contribution in [2.75, 3.05) is 11.5 Å². The maximum Gasteiger partial charge on any atom is 0.335 e. The van der Waals surface area contributed by atoms with Crippen LogP contribution in [-0.2, 0) is 9.59 Å². The molecule has 0 unspecified atom stereocenters. The van der Waals surface area contributed by atoms with Crippen molar-refractivity contribution in [2.24, 2.45) is 0 Å². The van der Waals surface area contributed by atoms with E-state index in [4.69, 9.17) is 4.74 Å². The zero-order valence-corrected chi connectivity index (χ0v) is 22.9. The molecule has 4 amide bonds. The monoisotopic (exact) mass is 553 g/mol. The van der Waals surface area contributed by atoms with E-state index in [1.54, 1.807) is 30.3 Å². The summed E-state index contributed by atoms with van der Waals surface area (Å²) in [4.78, 5) is 40.7. The number of amides is 4. The highest BCUT2D eigenvalue weighted by molar-refractivity contribution is 6.39. The number of para-hydroxylation sites is 1. The molecule has 1 N–H and O–H groups in total. The average Bonchev–Trinajstić information content (AvgIpc) is 3.41. The van der Waals surface area contributed by atoms with Gasteiger partial charge in [-0.3, -0.25) is 14.9 Å². The minimum atomic E-state index is -0.804. The summed E-state index contributed by atoms with van der Waals surface area (Å²) in [6.45, 7) is 2.36. The van der Waals surface area contributed by atoms with Crippen LogP contribution in [0.1, 0.15) is 12.5 Å². The number of carbonyl (C=O) groups is 3. The Hall–Kier alpha value is -5.69. The lowest BCUT2D eigenvalue weighted by atomic mass is 10.0. The first kappa shape index (κ1) is 26.5. The van der Waals surface area contributed by atoms with Crippen molar-refractivity contribution >= 4 is 29.6 Å². The molecule has 7 nitrogen and oxygen atoms in total. The number of aromatic nitrogens is 1. The summed E-state index contributed by atoms with van der Waals surface area (Å²) < 4.78 is 7.61. The number of nitrogens with one attached hydrogen (secondary N) is 1. The van der Waals surface area contributed by atoms with Crippen LogP contribution < -0.4 is 15.0 Å². The fourth-order valence-electron chi connectivity index (χ4n) is 5.10. The number of hydrogen-bond acceptors (Lipinski definition) is 4. The summed E-state index contributed by atoms with van der Waals surface area (Å²) >= 11 is 0. The number of urea groups is 1. The molecule has 2 heterocycles. The molecule has 0 atom stereocenters. The van der Waals surface area contributed by atoms with E-state index >= 15 is 0 Å². The molecule has 1 fully saturated rings. The summed E-state index contributed by atoms with van der Waals surface area (Å²) in [6, 6.07) is 37.4. The smallest absolute Gasteiger partial charge is 0.335 e. The maximum atomic E-state index is 13.8. The third-order valence-corrected chi connectivity index (χ3v) is 6.97. The molecule has 0 spiro atoms. The van der Waals surface area contributed by atoms with E-state index in [-0.39, 0.29) is 5.57 Å². The van der Waals surface area contributed by atoms with Gasteiger partial charge in [-0.05, 0) is 66.6 Å². The standard InChI is InChI=1S/C35H27N3O4/c1-2-42-29-20-18-28(19-21-29)38-34(40)30(33(39)36-35(38)41)22-26-23-31(24-12-6-3-7-13-24)37(27-16-10-5-11-17-27)32(26)25-14-8-4-9-15-25/h3-23H,2H2,1H3,(H,36,39,41)/b30-22-. The molecule has 5 aromatic rings. The van der Waals surface area contributed by atoms with Crippen molar-refractivity contribution < 1.29 is 19.1 Å². The van der Waals surface area contributed by atoms with E-state index < -0.39 is 17.8 Å². The first-order valence-electron chi connectivity index (χ1n) is 13.6. The summed E-state index contributed by atoms with van der Waals surface area (Å²) in [5.74, 6) is -0.846. The average molecular weight is 554 g/mol. The lowest BCUT2D eigenvalue weighted by Crippen LogP contribution is -2.54. The van der Waals surface area contributed by atoms with Crippen molar-refractivity contribution in [2.45, 2.75) is 6.92 Å². The predicted molar refractivity (Wildman–Crippen MR) is 163 cm³/mol. The van der Waals surface area contributed by atoms with Gasteiger partial charge in [0.25, 0.3) is 11.8 Å². The molecule has 6 rings (SSSR count). The van der Waals surface area contributed by atoms with Crippen LogP contribution in [-0.4, -0.2) is 29.0 Å². The Morgan fingerprint density at radius 2 is 1.31 bits per heavy atom. The van der Waals surface area contributed by atoms with Gasteiger partial charge in [-0.1, -0.05) is 78.9 Å². The number of ether oxygens (including phenoxy) is 1. The maximum absolute atomic E-state index is 13.8. The Kier molecular flexibility index (Phi) is 7.22. The van der Waals surface area contributed by atoms with Gasteiger partial charge in [0, 0.05) is 11.3 Å². The third-order valence-electron chi connectivity index (χ3n) is 6.97. The fourth-order valence-corrected chi connectivity index (χ4v) is 5.10. The Balaban J connectivity index is 1.54. The van der Waals surface area contributed by atoms with Crippen LogP contribution >= 0.6 is 0 Å². The molecule has 1 aromatic heterocycles. The highest BCUT2D eigenvalue weighted by Crippen LogP contribution is 2.37. The Morgan fingerprint density at radius 3 is 1.93 bits per heavy atom. The van der Waals surface area contributed by atoms with Gasteiger partial charge in [0.1, 0.15) is 11.3 Å². The largest absolute Gasteiger partial charge is 0.494 e. The molecule has 0 saturated carbocycles. The molecule has 7 heteroatoms. The summed E-state index contributed by atoms with van der Waals surface area (Å²) in [5, 5.41) is 2.33. The highest BCUT2D eigenvalue weighted by atomic mass is 16.5. The summed E-state index contributed by atoms with van der Waals surface area (Å²) in [7, 11) is 0. The second kappa shape index (κ2) is 11.4. The van der Waals surface area contributed by atoms with Gasteiger partial charge in [-0.25, -0.2) is 9.69 Å². The summed E-state index contributed by atoms with van der Waals surface area (Å²) in [6.07, 6.45) is 1.57. The molecule has 4 aromatic carbocycles. The number of barbiturate groups is 1. The van der Waals surface area contributed by atoms with Crippen molar-refractivity contribution in [3.8, 4) is 34.0 Å². The van der Waals surface area contributed by atoms with E-state index in [2.05, 4.69) is 9.88 Å². The molecule has 1 aliphatic rings. The Morgan fingerprint density at radius 1 is 0.714 bits per heavy atom. The van der Waals surface area contributed by atoms with Gasteiger partial charge < -0.3 is 9.30 Å². The van der Waals surface area contributed by atoms with Gasteiger partial charge in [0.2, 0.25) is 0 Å². The van der Waals surface area contributed by atoms with Crippen molar-refractivity contribution in [3.63, 3.8) is 0 Å². The number of carbonyl (C=O) groups excluding carboxylic acids is 3. The first-order chi connectivity index (χ1) is 20.5. The van der Waals surface area contributed by atoms with Gasteiger partial charge in [0.15, 0.2) is 0 Å². The van der Waals surface area contributed by atoms with Crippen molar-refractivity contribution in [1.82, 2.24) is 9.88 Å². The molecule has 42 heavy (non-hydrogen) atoms. The van der Waals surface area contributed by atoms with Crippen LogP contribution in [0.25, 0.3) is 34.3 Å². The Labute approximate surface area is 243 Å². The molecular formula is C35H27N3O4. The fraction of sp³-hybridized carbons (Fsp3) is 0.0571.